The number of halogens is 1. The number of benzene rings is 2. The third-order valence-electron chi connectivity index (χ3n) is 4.29. The van der Waals surface area contributed by atoms with Crippen LogP contribution in [-0.2, 0) is 16.6 Å². The van der Waals surface area contributed by atoms with Gasteiger partial charge < -0.3 is 10.6 Å². The van der Waals surface area contributed by atoms with Crippen LogP contribution < -0.4 is 26.2 Å². The highest BCUT2D eigenvalue weighted by molar-refractivity contribution is 7.89. The number of carbonyl (C=O) groups excluding carboxylic acids is 1. The number of hydrazine groups is 1. The second kappa shape index (κ2) is 9.35. The molecule has 0 radical (unpaired) electrons. The molecule has 2 aromatic carbocycles. The minimum atomic E-state index is -3.69. The monoisotopic (exact) mass is 423 g/mol. The summed E-state index contributed by atoms with van der Waals surface area (Å²) < 4.78 is 27.4. The first-order chi connectivity index (χ1) is 13.4. The predicted molar refractivity (Wildman–Crippen MR) is 108 cm³/mol. The SMILES string of the molecule is O=C(NCC1CNNC1)Nc1ccc(S(=O)(=O)NCc2ccccc2Cl)cc1. The van der Waals surface area contributed by atoms with Gasteiger partial charge in [-0.2, -0.15) is 0 Å². The average molecular weight is 424 g/mol. The minimum absolute atomic E-state index is 0.0926. The largest absolute Gasteiger partial charge is 0.337 e. The van der Waals surface area contributed by atoms with E-state index in [0.717, 1.165) is 13.1 Å². The minimum Gasteiger partial charge on any atom is -0.337 e. The highest BCUT2D eigenvalue weighted by Gasteiger charge is 2.16. The Morgan fingerprint density at radius 3 is 2.43 bits per heavy atom. The Morgan fingerprint density at radius 2 is 1.75 bits per heavy atom. The summed E-state index contributed by atoms with van der Waals surface area (Å²) in [5, 5.41) is 5.97. The van der Waals surface area contributed by atoms with E-state index in [0.29, 0.717) is 28.7 Å². The second-order valence-electron chi connectivity index (χ2n) is 6.40. The Balaban J connectivity index is 1.53. The zero-order valence-electron chi connectivity index (χ0n) is 15.0. The molecule has 0 saturated carbocycles. The molecule has 1 heterocycles. The summed E-state index contributed by atoms with van der Waals surface area (Å²) in [5.74, 6) is 0.336. The summed E-state index contributed by atoms with van der Waals surface area (Å²) in [4.78, 5) is 12.0. The smallest absolute Gasteiger partial charge is 0.319 e. The van der Waals surface area contributed by atoms with Crippen molar-refractivity contribution in [3.63, 3.8) is 0 Å². The number of rotatable bonds is 7. The Morgan fingerprint density at radius 1 is 1.07 bits per heavy atom. The number of nitrogens with one attached hydrogen (secondary N) is 5. The molecular formula is C18H22ClN5O3S. The van der Waals surface area contributed by atoms with Gasteiger partial charge in [0.25, 0.3) is 0 Å². The molecule has 1 fully saturated rings. The molecule has 2 aromatic rings. The Kier molecular flexibility index (Phi) is 6.87. The molecule has 1 saturated heterocycles. The topological polar surface area (TPSA) is 111 Å². The molecule has 1 aliphatic heterocycles. The van der Waals surface area contributed by atoms with Gasteiger partial charge in [-0.05, 0) is 35.9 Å². The van der Waals surface area contributed by atoms with Crippen LogP contribution in [0.4, 0.5) is 10.5 Å². The van der Waals surface area contributed by atoms with E-state index >= 15 is 0 Å². The van der Waals surface area contributed by atoms with Gasteiger partial charge in [-0.15, -0.1) is 0 Å². The van der Waals surface area contributed by atoms with E-state index < -0.39 is 10.0 Å². The van der Waals surface area contributed by atoms with Crippen LogP contribution in [0.5, 0.6) is 0 Å². The lowest BCUT2D eigenvalue weighted by molar-refractivity contribution is 0.250. The lowest BCUT2D eigenvalue weighted by Gasteiger charge is -2.11. The molecule has 1 aliphatic rings. The molecule has 0 spiro atoms. The number of urea groups is 1. The number of anilines is 1. The van der Waals surface area contributed by atoms with Crippen molar-refractivity contribution in [3.8, 4) is 0 Å². The summed E-state index contributed by atoms with van der Waals surface area (Å²) in [7, 11) is -3.69. The highest BCUT2D eigenvalue weighted by Crippen LogP contribution is 2.17. The first kappa shape index (κ1) is 20.6. The number of hydrogen-bond acceptors (Lipinski definition) is 5. The molecule has 28 heavy (non-hydrogen) atoms. The third-order valence-corrected chi connectivity index (χ3v) is 6.08. The van der Waals surface area contributed by atoms with Crippen LogP contribution in [0.25, 0.3) is 0 Å². The number of hydrogen-bond donors (Lipinski definition) is 5. The van der Waals surface area contributed by atoms with E-state index in [1.807, 2.05) is 0 Å². The van der Waals surface area contributed by atoms with Crippen molar-refractivity contribution in [2.45, 2.75) is 11.4 Å². The molecular weight excluding hydrogens is 402 g/mol. The van der Waals surface area contributed by atoms with Crippen molar-refractivity contribution < 1.29 is 13.2 Å². The average Bonchev–Trinajstić information content (AvgIpc) is 3.20. The summed E-state index contributed by atoms with van der Waals surface area (Å²) in [6, 6.07) is 12.7. The maximum absolute atomic E-state index is 12.4. The first-order valence-corrected chi connectivity index (χ1v) is 10.6. The van der Waals surface area contributed by atoms with Gasteiger partial charge in [-0.25, -0.2) is 17.9 Å². The molecule has 10 heteroatoms. The van der Waals surface area contributed by atoms with Crippen molar-refractivity contribution >= 4 is 33.3 Å². The first-order valence-electron chi connectivity index (χ1n) is 8.78. The predicted octanol–water partition coefficient (Wildman–Crippen LogP) is 1.66. The number of sulfonamides is 1. The Labute approximate surface area is 169 Å². The zero-order chi connectivity index (χ0) is 20.0. The quantitative estimate of drug-likeness (QED) is 0.465. The van der Waals surface area contributed by atoms with E-state index in [9.17, 15) is 13.2 Å². The van der Waals surface area contributed by atoms with E-state index in [1.54, 1.807) is 36.4 Å². The van der Waals surface area contributed by atoms with Gasteiger partial charge in [0, 0.05) is 42.8 Å². The second-order valence-corrected chi connectivity index (χ2v) is 8.58. The van der Waals surface area contributed by atoms with Gasteiger partial charge in [0.05, 0.1) is 4.90 Å². The summed E-state index contributed by atoms with van der Waals surface area (Å²) in [6.45, 7) is 2.24. The lowest BCUT2D eigenvalue weighted by Crippen LogP contribution is -2.34. The van der Waals surface area contributed by atoms with Crippen LogP contribution in [0, 0.1) is 5.92 Å². The van der Waals surface area contributed by atoms with Crippen molar-refractivity contribution in [3.05, 3.63) is 59.1 Å². The van der Waals surface area contributed by atoms with Crippen LogP contribution in [0.15, 0.2) is 53.4 Å². The molecule has 0 bridgehead atoms. The summed E-state index contributed by atoms with van der Waals surface area (Å²) in [5.41, 5.74) is 7.19. The fraction of sp³-hybridized carbons (Fsp3) is 0.278. The third kappa shape index (κ3) is 5.66. The van der Waals surface area contributed by atoms with Crippen LogP contribution >= 0.6 is 11.6 Å². The molecule has 5 N–H and O–H groups in total. The number of amides is 2. The van der Waals surface area contributed by atoms with E-state index in [4.69, 9.17) is 11.6 Å². The van der Waals surface area contributed by atoms with E-state index in [1.165, 1.54) is 12.1 Å². The zero-order valence-corrected chi connectivity index (χ0v) is 16.6. The number of carbonyl (C=O) groups is 1. The van der Waals surface area contributed by atoms with Gasteiger partial charge in [0.2, 0.25) is 10.0 Å². The molecule has 150 valence electrons. The molecule has 0 aliphatic carbocycles. The highest BCUT2D eigenvalue weighted by atomic mass is 35.5. The fourth-order valence-corrected chi connectivity index (χ4v) is 3.89. The Bertz CT molecular complexity index is 915. The van der Waals surface area contributed by atoms with Crippen molar-refractivity contribution in [1.29, 1.82) is 0 Å². The van der Waals surface area contributed by atoms with Crippen LogP contribution in [0.1, 0.15) is 5.56 Å². The molecule has 3 rings (SSSR count). The maximum Gasteiger partial charge on any atom is 0.319 e. The van der Waals surface area contributed by atoms with Crippen molar-refractivity contribution in [1.82, 2.24) is 20.9 Å². The molecule has 0 atom stereocenters. The van der Waals surface area contributed by atoms with Gasteiger partial charge in [-0.3, -0.25) is 10.9 Å². The summed E-state index contributed by atoms with van der Waals surface area (Å²) in [6.07, 6.45) is 0. The van der Waals surface area contributed by atoms with E-state index in [-0.39, 0.29) is 17.5 Å². The van der Waals surface area contributed by atoms with Crippen LogP contribution in [0.3, 0.4) is 0 Å². The van der Waals surface area contributed by atoms with Gasteiger partial charge in [-0.1, -0.05) is 29.8 Å². The van der Waals surface area contributed by atoms with Gasteiger partial charge in [0.1, 0.15) is 0 Å². The normalized spacial score (nSPS) is 14.8. The molecule has 8 nitrogen and oxygen atoms in total. The fourth-order valence-electron chi connectivity index (χ4n) is 2.68. The standard InChI is InChI=1S/C18H22ClN5O3S/c19-17-4-2-1-3-14(17)12-23-28(26,27)16-7-5-15(6-8-16)24-18(25)20-9-13-10-21-22-11-13/h1-8,13,21-23H,9-12H2,(H2,20,24,25). The molecule has 2 amide bonds. The maximum atomic E-state index is 12.4. The van der Waals surface area contributed by atoms with Crippen LogP contribution in [0.2, 0.25) is 5.02 Å². The van der Waals surface area contributed by atoms with E-state index in [2.05, 4.69) is 26.2 Å². The van der Waals surface area contributed by atoms with Crippen molar-refractivity contribution in [2.24, 2.45) is 5.92 Å². The van der Waals surface area contributed by atoms with Crippen molar-refractivity contribution in [2.75, 3.05) is 25.0 Å². The van der Waals surface area contributed by atoms with Gasteiger partial charge >= 0.3 is 6.03 Å². The van der Waals surface area contributed by atoms with Crippen LogP contribution in [-0.4, -0.2) is 34.1 Å². The summed E-state index contributed by atoms with van der Waals surface area (Å²) >= 11 is 6.05. The van der Waals surface area contributed by atoms with Gasteiger partial charge in [0.15, 0.2) is 0 Å². The molecule has 0 aromatic heterocycles. The Hall–Kier alpha value is -2.17. The lowest BCUT2D eigenvalue weighted by atomic mass is 10.2. The molecule has 0 unspecified atom stereocenters.